The lowest BCUT2D eigenvalue weighted by Crippen LogP contribution is -2.23. The molecule has 0 spiro atoms. The third-order valence-corrected chi connectivity index (χ3v) is 3.76. The highest BCUT2D eigenvalue weighted by molar-refractivity contribution is 5.94. The van der Waals surface area contributed by atoms with Gasteiger partial charge in [-0.05, 0) is 17.9 Å². The van der Waals surface area contributed by atoms with Gasteiger partial charge in [0.05, 0.1) is 11.3 Å². The van der Waals surface area contributed by atoms with Crippen molar-refractivity contribution in [2.24, 2.45) is 0 Å². The van der Waals surface area contributed by atoms with Crippen molar-refractivity contribution in [1.82, 2.24) is 14.9 Å². The lowest BCUT2D eigenvalue weighted by atomic mass is 10.1. The van der Waals surface area contributed by atoms with Gasteiger partial charge in [-0.25, -0.2) is 4.98 Å². The first kappa shape index (κ1) is 16.5. The van der Waals surface area contributed by atoms with Gasteiger partial charge < -0.3 is 15.2 Å². The van der Waals surface area contributed by atoms with Crippen LogP contribution in [0.15, 0.2) is 73.2 Å². The third-order valence-electron chi connectivity index (χ3n) is 3.76. The average Bonchev–Trinajstić information content (AvgIpc) is 3.12. The molecule has 0 saturated carbocycles. The van der Waals surface area contributed by atoms with E-state index in [2.05, 4.69) is 15.6 Å². The van der Waals surface area contributed by atoms with Crippen LogP contribution in [0, 0.1) is 10.1 Å². The van der Waals surface area contributed by atoms with Gasteiger partial charge in [-0.1, -0.05) is 36.4 Å². The molecule has 25 heavy (non-hydrogen) atoms. The third kappa shape index (κ3) is 4.57. The molecule has 7 nitrogen and oxygen atoms in total. The zero-order chi connectivity index (χ0) is 17.5. The van der Waals surface area contributed by atoms with Crippen molar-refractivity contribution in [3.8, 4) is 0 Å². The summed E-state index contributed by atoms with van der Waals surface area (Å²) in [7, 11) is 0. The number of hydrogen-bond acceptors (Lipinski definition) is 5. The number of nitrogens with zero attached hydrogens (tertiary/aromatic N) is 3. The maximum absolute atomic E-state index is 10.9. The molecule has 128 valence electrons. The Labute approximate surface area is 145 Å². The van der Waals surface area contributed by atoms with Crippen molar-refractivity contribution in [2.45, 2.75) is 13.0 Å². The highest BCUT2D eigenvalue weighted by Crippen LogP contribution is 2.23. The van der Waals surface area contributed by atoms with E-state index in [9.17, 15) is 10.1 Å². The number of aromatic nitrogens is 2. The molecule has 2 N–H and O–H groups in total. The first-order chi connectivity index (χ1) is 12.2. The van der Waals surface area contributed by atoms with Crippen LogP contribution < -0.4 is 10.6 Å². The standard InChI is InChI=1S/C18H19N5O2/c24-23(25)13-18(20-9-4-11-22-12-10-19-14-22)21-17-8-3-6-15-5-1-2-7-16(15)17/h1-3,5-8,10,12-14,20-21H,4,9,11H2/b18-13-. The minimum Gasteiger partial charge on any atom is -0.366 e. The molecule has 0 unspecified atom stereocenters. The molecule has 1 heterocycles. The number of nitrogens with one attached hydrogen (secondary N) is 2. The molecule has 2 aromatic carbocycles. The molecule has 0 aliphatic heterocycles. The first-order valence-electron chi connectivity index (χ1n) is 8.02. The van der Waals surface area contributed by atoms with Crippen molar-refractivity contribution in [3.63, 3.8) is 0 Å². The van der Waals surface area contributed by atoms with E-state index in [1.165, 1.54) is 0 Å². The highest BCUT2D eigenvalue weighted by Gasteiger charge is 2.06. The number of fused-ring (bicyclic) bond motifs is 1. The number of aryl methyl sites for hydroxylation is 1. The minimum atomic E-state index is -0.462. The minimum absolute atomic E-state index is 0.368. The SMILES string of the molecule is O=[N+]([O-])/C=C(/NCCCn1ccnc1)Nc1cccc2ccccc12. The van der Waals surface area contributed by atoms with Gasteiger partial charge in [-0.15, -0.1) is 0 Å². The zero-order valence-corrected chi connectivity index (χ0v) is 13.6. The summed E-state index contributed by atoms with van der Waals surface area (Å²) in [4.78, 5) is 14.4. The van der Waals surface area contributed by atoms with Crippen LogP contribution >= 0.6 is 0 Å². The number of anilines is 1. The quantitative estimate of drug-likeness (QED) is 0.374. The van der Waals surface area contributed by atoms with Crippen LogP contribution in [-0.4, -0.2) is 21.0 Å². The van der Waals surface area contributed by atoms with Gasteiger partial charge in [0.2, 0.25) is 0 Å². The normalized spacial score (nSPS) is 11.4. The predicted molar refractivity (Wildman–Crippen MR) is 97.5 cm³/mol. The Hall–Kier alpha value is -3.35. The van der Waals surface area contributed by atoms with Crippen LogP contribution in [0.2, 0.25) is 0 Å². The molecule has 3 aromatic rings. The van der Waals surface area contributed by atoms with Crippen molar-refractivity contribution in [1.29, 1.82) is 0 Å². The van der Waals surface area contributed by atoms with Crippen molar-refractivity contribution >= 4 is 16.5 Å². The van der Waals surface area contributed by atoms with E-state index in [1.807, 2.05) is 53.2 Å². The van der Waals surface area contributed by atoms with Gasteiger partial charge in [0.1, 0.15) is 0 Å². The molecule has 1 aromatic heterocycles. The summed E-state index contributed by atoms with van der Waals surface area (Å²) in [5, 5.41) is 19.2. The Bertz CT molecular complexity index is 869. The Balaban J connectivity index is 1.67. The van der Waals surface area contributed by atoms with Gasteiger partial charge >= 0.3 is 0 Å². The van der Waals surface area contributed by atoms with Crippen LogP contribution in [0.1, 0.15) is 6.42 Å². The molecule has 0 fully saturated rings. The molecule has 0 aliphatic rings. The monoisotopic (exact) mass is 337 g/mol. The van der Waals surface area contributed by atoms with E-state index in [4.69, 9.17) is 0 Å². The molecular weight excluding hydrogens is 318 g/mol. The molecule has 0 bridgehead atoms. The van der Waals surface area contributed by atoms with E-state index in [0.29, 0.717) is 12.4 Å². The lowest BCUT2D eigenvalue weighted by molar-refractivity contribution is -0.403. The predicted octanol–water partition coefficient (Wildman–Crippen LogP) is 3.20. The summed E-state index contributed by atoms with van der Waals surface area (Å²) in [6.07, 6.45) is 7.15. The number of nitro groups is 1. The maximum atomic E-state index is 10.9. The molecule has 3 rings (SSSR count). The maximum Gasteiger partial charge on any atom is 0.274 e. The van der Waals surface area contributed by atoms with Gasteiger partial charge in [-0.3, -0.25) is 10.1 Å². The second-order valence-electron chi connectivity index (χ2n) is 5.56. The molecule has 0 aliphatic carbocycles. The van der Waals surface area contributed by atoms with Crippen molar-refractivity contribution < 1.29 is 4.92 Å². The largest absolute Gasteiger partial charge is 0.366 e. The molecule has 0 radical (unpaired) electrons. The molecular formula is C18H19N5O2. The Morgan fingerprint density at radius 3 is 2.88 bits per heavy atom. The topological polar surface area (TPSA) is 85.0 Å². The van der Waals surface area contributed by atoms with E-state index in [0.717, 1.165) is 35.6 Å². The Morgan fingerprint density at radius 1 is 1.24 bits per heavy atom. The summed E-state index contributed by atoms with van der Waals surface area (Å²) in [6.45, 7) is 1.41. The Morgan fingerprint density at radius 2 is 2.08 bits per heavy atom. The van der Waals surface area contributed by atoms with Crippen molar-refractivity contribution in [2.75, 3.05) is 11.9 Å². The molecule has 0 atom stereocenters. The molecule has 0 saturated heterocycles. The van der Waals surface area contributed by atoms with Gasteiger partial charge in [0, 0.05) is 36.6 Å². The van der Waals surface area contributed by atoms with Crippen LogP contribution in [0.4, 0.5) is 5.69 Å². The number of imidazole rings is 1. The molecule has 7 heteroatoms. The summed E-state index contributed by atoms with van der Waals surface area (Å²) in [5.41, 5.74) is 0.827. The fraction of sp³-hybridized carbons (Fsp3) is 0.167. The highest BCUT2D eigenvalue weighted by atomic mass is 16.6. The zero-order valence-electron chi connectivity index (χ0n) is 13.6. The van der Waals surface area contributed by atoms with Crippen LogP contribution in [0.5, 0.6) is 0 Å². The van der Waals surface area contributed by atoms with E-state index >= 15 is 0 Å². The second-order valence-corrected chi connectivity index (χ2v) is 5.56. The fourth-order valence-corrected chi connectivity index (χ4v) is 2.61. The summed E-state index contributed by atoms with van der Waals surface area (Å²) < 4.78 is 1.97. The Kier molecular flexibility index (Phi) is 5.26. The van der Waals surface area contributed by atoms with Gasteiger partial charge in [0.15, 0.2) is 5.82 Å². The number of hydrogen-bond donors (Lipinski definition) is 2. The van der Waals surface area contributed by atoms with E-state index in [-0.39, 0.29) is 0 Å². The van der Waals surface area contributed by atoms with Crippen LogP contribution in [-0.2, 0) is 6.54 Å². The van der Waals surface area contributed by atoms with E-state index < -0.39 is 4.92 Å². The van der Waals surface area contributed by atoms with Crippen LogP contribution in [0.25, 0.3) is 10.8 Å². The van der Waals surface area contributed by atoms with E-state index in [1.54, 1.807) is 12.5 Å². The second kappa shape index (κ2) is 7.96. The fourth-order valence-electron chi connectivity index (χ4n) is 2.61. The average molecular weight is 337 g/mol. The molecule has 0 amide bonds. The first-order valence-corrected chi connectivity index (χ1v) is 8.02. The van der Waals surface area contributed by atoms with Gasteiger partial charge in [0.25, 0.3) is 6.20 Å². The lowest BCUT2D eigenvalue weighted by Gasteiger charge is -2.13. The van der Waals surface area contributed by atoms with Crippen LogP contribution in [0.3, 0.4) is 0 Å². The van der Waals surface area contributed by atoms with Crippen molar-refractivity contribution in [3.05, 3.63) is 83.3 Å². The smallest absolute Gasteiger partial charge is 0.274 e. The van der Waals surface area contributed by atoms with Gasteiger partial charge in [-0.2, -0.15) is 0 Å². The summed E-state index contributed by atoms with van der Waals surface area (Å²) in [6, 6.07) is 13.8. The number of benzene rings is 2. The summed E-state index contributed by atoms with van der Waals surface area (Å²) >= 11 is 0. The number of rotatable bonds is 8. The summed E-state index contributed by atoms with van der Waals surface area (Å²) in [5.74, 6) is 0.368.